The van der Waals surface area contributed by atoms with E-state index in [2.05, 4.69) is 26.3 Å². The van der Waals surface area contributed by atoms with Crippen molar-refractivity contribution in [1.82, 2.24) is 19.9 Å². The van der Waals surface area contributed by atoms with E-state index in [0.717, 1.165) is 25.1 Å². The van der Waals surface area contributed by atoms with Crippen molar-refractivity contribution in [3.8, 4) is 6.07 Å². The van der Waals surface area contributed by atoms with Gasteiger partial charge >= 0.3 is 6.09 Å². The molecule has 2 aromatic heterocycles. The molecular formula is C29H31ClFN7O2. The molecule has 40 heavy (non-hydrogen) atoms. The number of nitrogens with one attached hydrogen (secondary N) is 1. The Labute approximate surface area is 237 Å². The summed E-state index contributed by atoms with van der Waals surface area (Å²) < 4.78 is 21.1. The average Bonchev–Trinajstić information content (AvgIpc) is 2.91. The molecule has 4 aliphatic rings. The first-order chi connectivity index (χ1) is 19.1. The fraction of sp³-hybridized carbons (Fsp3) is 0.483. The summed E-state index contributed by atoms with van der Waals surface area (Å²) in [6, 6.07) is 9.57. The zero-order valence-electron chi connectivity index (χ0n) is 22.7. The number of nitrogens with zero attached hydrogens (tertiary/aromatic N) is 6. The Kier molecular flexibility index (Phi) is 6.45. The highest BCUT2D eigenvalue weighted by Gasteiger charge is 2.43. The van der Waals surface area contributed by atoms with Crippen LogP contribution in [0.15, 0.2) is 30.6 Å². The van der Waals surface area contributed by atoms with Crippen molar-refractivity contribution in [3.05, 3.63) is 47.0 Å². The molecular weight excluding hydrogens is 533 g/mol. The number of carbonyl (C=O) groups is 1. The highest BCUT2D eigenvalue weighted by molar-refractivity contribution is 6.32. The number of hydrogen-bond acceptors (Lipinski definition) is 8. The largest absolute Gasteiger partial charge is 0.444 e. The number of hydrogen-bond donors (Lipinski definition) is 1. The molecule has 3 aliphatic heterocycles. The molecule has 208 valence electrons. The van der Waals surface area contributed by atoms with E-state index in [1.54, 1.807) is 12.1 Å². The van der Waals surface area contributed by atoms with E-state index < -0.39 is 16.8 Å². The van der Waals surface area contributed by atoms with Gasteiger partial charge in [-0.05, 0) is 76.6 Å². The third kappa shape index (κ3) is 4.56. The molecule has 2 bridgehead atoms. The van der Waals surface area contributed by atoms with Gasteiger partial charge in [-0.3, -0.25) is 0 Å². The first kappa shape index (κ1) is 26.5. The lowest BCUT2D eigenvalue weighted by atomic mass is 9.65. The molecule has 0 spiro atoms. The van der Waals surface area contributed by atoms with Crippen LogP contribution in [0, 0.1) is 17.1 Å². The number of amides is 1. The van der Waals surface area contributed by atoms with Gasteiger partial charge in [0.15, 0.2) is 11.6 Å². The lowest BCUT2D eigenvalue weighted by molar-refractivity contribution is 0.000790. The maximum absolute atomic E-state index is 15.4. The fourth-order valence-corrected chi connectivity index (χ4v) is 6.29. The Morgan fingerprint density at radius 3 is 2.60 bits per heavy atom. The van der Waals surface area contributed by atoms with Gasteiger partial charge in [-0.15, -0.1) is 0 Å². The van der Waals surface area contributed by atoms with E-state index in [-0.39, 0.29) is 28.9 Å². The second kappa shape index (κ2) is 9.73. The summed E-state index contributed by atoms with van der Waals surface area (Å²) in [6.45, 7) is 6.83. The molecule has 3 aromatic rings. The third-order valence-electron chi connectivity index (χ3n) is 8.19. The number of aromatic nitrogens is 3. The number of piperazine rings is 1. The smallest absolute Gasteiger partial charge is 0.410 e. The molecule has 1 N–H and O–H groups in total. The highest BCUT2D eigenvalue weighted by Crippen LogP contribution is 2.47. The Morgan fingerprint density at radius 2 is 1.95 bits per heavy atom. The summed E-state index contributed by atoms with van der Waals surface area (Å²) in [5.74, 6) is 0.476. The molecule has 3 saturated heterocycles. The summed E-state index contributed by atoms with van der Waals surface area (Å²) in [5.41, 5.74) is 0.520. The standard InChI is InChI=1S/C29H31ClFN7O2/c1-28(2,3)40-27(39)38-14-17-5-6-18(38)13-37(17)22-10-9-21-25(36-22)26(34-16-33-21)35-20-8-7-19(23(30)24(20)31)29(15-32)11-4-12-29/h7-10,16-18H,4-6,11-14H2,1-3H3,(H,33,34,35)/t17-,18-/m0/s1. The first-order valence-electron chi connectivity index (χ1n) is 13.6. The number of rotatable bonds is 4. The van der Waals surface area contributed by atoms with Crippen LogP contribution in [-0.4, -0.2) is 56.7 Å². The monoisotopic (exact) mass is 563 g/mol. The normalized spacial score (nSPS) is 21.6. The molecule has 1 amide bonds. The van der Waals surface area contributed by atoms with Crippen molar-refractivity contribution in [2.45, 2.75) is 76.0 Å². The van der Waals surface area contributed by atoms with Crippen LogP contribution >= 0.6 is 11.6 Å². The third-order valence-corrected chi connectivity index (χ3v) is 8.56. The van der Waals surface area contributed by atoms with Gasteiger partial charge in [-0.1, -0.05) is 17.7 Å². The minimum absolute atomic E-state index is 0.0316. The van der Waals surface area contributed by atoms with Crippen LogP contribution in [0.2, 0.25) is 5.02 Å². The minimum atomic E-state index is -0.721. The second-order valence-corrected chi connectivity index (χ2v) is 12.3. The van der Waals surface area contributed by atoms with E-state index >= 15 is 4.39 Å². The number of pyridine rings is 1. The van der Waals surface area contributed by atoms with Crippen molar-refractivity contribution < 1.29 is 13.9 Å². The molecule has 0 unspecified atom stereocenters. The van der Waals surface area contributed by atoms with Crippen molar-refractivity contribution in [2.75, 3.05) is 23.3 Å². The van der Waals surface area contributed by atoms with E-state index in [4.69, 9.17) is 21.3 Å². The Hall–Kier alpha value is -3.71. The average molecular weight is 564 g/mol. The molecule has 11 heteroatoms. The van der Waals surface area contributed by atoms with E-state index in [1.807, 2.05) is 37.8 Å². The molecule has 4 fully saturated rings. The van der Waals surface area contributed by atoms with Crippen molar-refractivity contribution in [2.24, 2.45) is 0 Å². The number of fused-ring (bicyclic) bond motifs is 4. The number of carbonyl (C=O) groups excluding carboxylic acids is 1. The zero-order valence-corrected chi connectivity index (χ0v) is 23.5. The van der Waals surface area contributed by atoms with Gasteiger partial charge < -0.3 is 19.9 Å². The molecule has 1 aliphatic carbocycles. The maximum atomic E-state index is 15.4. The van der Waals surface area contributed by atoms with Crippen molar-refractivity contribution >= 4 is 46.1 Å². The molecule has 5 heterocycles. The number of anilines is 3. The molecule has 0 radical (unpaired) electrons. The van der Waals surface area contributed by atoms with Gasteiger partial charge in [0.2, 0.25) is 0 Å². The van der Waals surface area contributed by atoms with Crippen LogP contribution in [-0.2, 0) is 10.2 Å². The van der Waals surface area contributed by atoms with Crippen LogP contribution in [0.4, 0.5) is 26.5 Å². The van der Waals surface area contributed by atoms with Gasteiger partial charge in [-0.25, -0.2) is 24.1 Å². The van der Waals surface area contributed by atoms with E-state index in [0.29, 0.717) is 48.3 Å². The predicted octanol–water partition coefficient (Wildman–Crippen LogP) is 6.09. The van der Waals surface area contributed by atoms with Gasteiger partial charge in [-0.2, -0.15) is 5.26 Å². The van der Waals surface area contributed by atoms with E-state index in [1.165, 1.54) is 6.33 Å². The first-order valence-corrected chi connectivity index (χ1v) is 14.0. The summed E-state index contributed by atoms with van der Waals surface area (Å²) in [5, 5.41) is 12.7. The lowest BCUT2D eigenvalue weighted by Gasteiger charge is -2.51. The van der Waals surface area contributed by atoms with Crippen LogP contribution in [0.25, 0.3) is 11.0 Å². The Bertz CT molecular complexity index is 1530. The van der Waals surface area contributed by atoms with Gasteiger partial charge in [0.1, 0.15) is 23.3 Å². The lowest BCUT2D eigenvalue weighted by Crippen LogP contribution is -2.64. The molecule has 1 saturated carbocycles. The molecule has 7 rings (SSSR count). The quantitative estimate of drug-likeness (QED) is 0.406. The minimum Gasteiger partial charge on any atom is -0.444 e. The second-order valence-electron chi connectivity index (χ2n) is 11.9. The van der Waals surface area contributed by atoms with Crippen molar-refractivity contribution in [3.63, 3.8) is 0 Å². The fourth-order valence-electron chi connectivity index (χ4n) is 5.95. The number of benzene rings is 1. The summed E-state index contributed by atoms with van der Waals surface area (Å²) in [4.78, 5) is 30.4. The van der Waals surface area contributed by atoms with Crippen LogP contribution in [0.5, 0.6) is 0 Å². The Balaban J connectivity index is 1.27. The highest BCUT2D eigenvalue weighted by atomic mass is 35.5. The number of piperidine rings is 2. The van der Waals surface area contributed by atoms with Gasteiger partial charge in [0, 0.05) is 19.1 Å². The Morgan fingerprint density at radius 1 is 1.18 bits per heavy atom. The molecule has 9 nitrogen and oxygen atoms in total. The molecule has 2 atom stereocenters. The van der Waals surface area contributed by atoms with Crippen LogP contribution < -0.4 is 10.2 Å². The summed E-state index contributed by atoms with van der Waals surface area (Å²) >= 11 is 6.43. The van der Waals surface area contributed by atoms with E-state index in [9.17, 15) is 10.1 Å². The van der Waals surface area contributed by atoms with Crippen LogP contribution in [0.1, 0.15) is 58.4 Å². The SMILES string of the molecule is CC(C)(C)OC(=O)N1C[C@@H]2CC[C@H]1CN2c1ccc2ncnc(Nc3ccc(C4(C#N)CCC4)c(Cl)c3F)c2n1. The van der Waals surface area contributed by atoms with Gasteiger partial charge in [0.25, 0.3) is 0 Å². The predicted molar refractivity (Wildman–Crippen MR) is 150 cm³/mol. The number of ether oxygens (including phenoxy) is 1. The van der Waals surface area contributed by atoms with Crippen molar-refractivity contribution in [1.29, 1.82) is 5.26 Å². The molecule has 1 aromatic carbocycles. The van der Waals surface area contributed by atoms with Gasteiger partial charge in [0.05, 0.1) is 33.8 Å². The number of nitriles is 1. The summed E-state index contributed by atoms with van der Waals surface area (Å²) in [7, 11) is 0. The topological polar surface area (TPSA) is 107 Å². The summed E-state index contributed by atoms with van der Waals surface area (Å²) in [6.07, 6.45) is 5.25. The zero-order chi connectivity index (χ0) is 28.2. The van der Waals surface area contributed by atoms with Crippen LogP contribution in [0.3, 0.4) is 0 Å². The number of halogens is 2. The maximum Gasteiger partial charge on any atom is 0.410 e.